The Morgan fingerprint density at radius 1 is 1.27 bits per heavy atom. The van der Waals surface area contributed by atoms with Crippen molar-refractivity contribution in [3.05, 3.63) is 17.5 Å². The van der Waals surface area contributed by atoms with Crippen LogP contribution in [0.1, 0.15) is 44.4 Å². The number of aromatic nitrogens is 2. The zero-order chi connectivity index (χ0) is 15.7. The Morgan fingerprint density at radius 2 is 2.05 bits per heavy atom. The van der Waals surface area contributed by atoms with Gasteiger partial charge in [-0.05, 0) is 51.1 Å². The molecule has 0 unspecified atom stereocenters. The fourth-order valence-corrected chi connectivity index (χ4v) is 3.81. The SMILES string of the molecule is Cc1nn(C)cc1CN1CCCN(CC2CC2)[C@H](C(C)C)C1. The fourth-order valence-electron chi connectivity index (χ4n) is 3.81. The Balaban J connectivity index is 1.66. The van der Waals surface area contributed by atoms with Crippen molar-refractivity contribution >= 4 is 0 Å². The van der Waals surface area contributed by atoms with Crippen molar-refractivity contribution in [2.45, 2.75) is 52.6 Å². The molecule has 1 aromatic heterocycles. The quantitative estimate of drug-likeness (QED) is 0.836. The van der Waals surface area contributed by atoms with Crippen LogP contribution in [-0.2, 0) is 13.6 Å². The number of hydrogen-bond acceptors (Lipinski definition) is 3. The van der Waals surface area contributed by atoms with E-state index in [2.05, 4.69) is 41.9 Å². The van der Waals surface area contributed by atoms with E-state index in [-0.39, 0.29) is 0 Å². The number of aryl methyl sites for hydroxylation is 2. The normalized spacial score (nSPS) is 24.9. The first-order chi connectivity index (χ1) is 10.5. The molecule has 2 aliphatic rings. The summed E-state index contributed by atoms with van der Waals surface area (Å²) >= 11 is 0. The average Bonchev–Trinajstić information content (AvgIpc) is 3.22. The molecule has 0 radical (unpaired) electrons. The van der Waals surface area contributed by atoms with E-state index in [1.165, 1.54) is 56.7 Å². The minimum atomic E-state index is 0.708. The molecule has 2 fully saturated rings. The topological polar surface area (TPSA) is 24.3 Å². The first-order valence-electron chi connectivity index (χ1n) is 8.98. The van der Waals surface area contributed by atoms with Gasteiger partial charge in [0.25, 0.3) is 0 Å². The van der Waals surface area contributed by atoms with E-state index in [9.17, 15) is 0 Å². The third kappa shape index (κ3) is 3.90. The lowest BCUT2D eigenvalue weighted by Gasteiger charge is -2.34. The Hall–Kier alpha value is -0.870. The van der Waals surface area contributed by atoms with Crippen molar-refractivity contribution in [2.24, 2.45) is 18.9 Å². The molecule has 1 aliphatic carbocycles. The van der Waals surface area contributed by atoms with Gasteiger partial charge >= 0.3 is 0 Å². The van der Waals surface area contributed by atoms with Gasteiger partial charge in [-0.15, -0.1) is 0 Å². The van der Waals surface area contributed by atoms with Gasteiger partial charge < -0.3 is 0 Å². The molecule has 0 bridgehead atoms. The summed E-state index contributed by atoms with van der Waals surface area (Å²) in [6.07, 6.45) is 6.40. The molecule has 0 aromatic carbocycles. The van der Waals surface area contributed by atoms with Gasteiger partial charge in [0.05, 0.1) is 5.69 Å². The van der Waals surface area contributed by atoms with E-state index in [0.717, 1.165) is 18.4 Å². The molecule has 1 saturated carbocycles. The first-order valence-corrected chi connectivity index (χ1v) is 8.98. The van der Waals surface area contributed by atoms with Crippen LogP contribution >= 0.6 is 0 Å². The molecule has 3 rings (SSSR count). The lowest BCUT2D eigenvalue weighted by molar-refractivity contribution is 0.132. The number of nitrogens with zero attached hydrogens (tertiary/aromatic N) is 4. The molecule has 124 valence electrons. The molecule has 4 heteroatoms. The van der Waals surface area contributed by atoms with Crippen molar-refractivity contribution < 1.29 is 0 Å². The minimum absolute atomic E-state index is 0.708. The summed E-state index contributed by atoms with van der Waals surface area (Å²) in [5.41, 5.74) is 2.57. The van der Waals surface area contributed by atoms with Gasteiger partial charge in [0.1, 0.15) is 0 Å². The largest absolute Gasteiger partial charge is 0.299 e. The van der Waals surface area contributed by atoms with Crippen LogP contribution in [0.5, 0.6) is 0 Å². The Labute approximate surface area is 135 Å². The molecule has 1 atom stereocenters. The second kappa shape index (κ2) is 6.71. The second-order valence-electron chi connectivity index (χ2n) is 7.75. The van der Waals surface area contributed by atoms with Crippen LogP contribution in [0.15, 0.2) is 6.20 Å². The second-order valence-corrected chi connectivity index (χ2v) is 7.75. The summed E-state index contributed by atoms with van der Waals surface area (Å²) in [6.45, 7) is 13.0. The molecule has 22 heavy (non-hydrogen) atoms. The molecule has 2 heterocycles. The van der Waals surface area contributed by atoms with Crippen molar-refractivity contribution in [2.75, 3.05) is 26.2 Å². The molecule has 1 aromatic rings. The lowest BCUT2D eigenvalue weighted by Crippen LogP contribution is -2.45. The van der Waals surface area contributed by atoms with E-state index in [1.54, 1.807) is 0 Å². The van der Waals surface area contributed by atoms with Crippen LogP contribution in [0.4, 0.5) is 0 Å². The Morgan fingerprint density at radius 3 is 2.64 bits per heavy atom. The van der Waals surface area contributed by atoms with Crippen molar-refractivity contribution in [3.8, 4) is 0 Å². The third-order valence-electron chi connectivity index (χ3n) is 5.30. The fraction of sp³-hybridized carbons (Fsp3) is 0.833. The van der Waals surface area contributed by atoms with Gasteiger partial charge in [0.15, 0.2) is 0 Å². The summed E-state index contributed by atoms with van der Waals surface area (Å²) in [4.78, 5) is 5.44. The predicted octanol–water partition coefficient (Wildman–Crippen LogP) is 2.67. The monoisotopic (exact) mass is 304 g/mol. The highest BCUT2D eigenvalue weighted by Gasteiger charge is 2.32. The standard InChI is InChI=1S/C18H32N4/c1-14(2)18-13-21(12-17-11-20(4)19-15(17)3)8-5-9-22(18)10-16-6-7-16/h11,14,16,18H,5-10,12-13H2,1-4H3/t18-/m0/s1. The maximum Gasteiger partial charge on any atom is 0.0638 e. The van der Waals surface area contributed by atoms with E-state index in [1.807, 2.05) is 11.7 Å². The highest BCUT2D eigenvalue weighted by Crippen LogP contribution is 2.32. The smallest absolute Gasteiger partial charge is 0.0638 e. The van der Waals surface area contributed by atoms with Crippen LogP contribution in [0.2, 0.25) is 0 Å². The predicted molar refractivity (Wildman–Crippen MR) is 90.8 cm³/mol. The van der Waals surface area contributed by atoms with Crippen LogP contribution < -0.4 is 0 Å². The molecular formula is C18H32N4. The van der Waals surface area contributed by atoms with Gasteiger partial charge in [0.2, 0.25) is 0 Å². The van der Waals surface area contributed by atoms with Gasteiger partial charge in [-0.2, -0.15) is 5.10 Å². The van der Waals surface area contributed by atoms with E-state index in [4.69, 9.17) is 0 Å². The maximum absolute atomic E-state index is 4.50. The van der Waals surface area contributed by atoms with Crippen LogP contribution in [0.3, 0.4) is 0 Å². The van der Waals surface area contributed by atoms with Crippen molar-refractivity contribution in [1.29, 1.82) is 0 Å². The lowest BCUT2D eigenvalue weighted by atomic mass is 10.0. The van der Waals surface area contributed by atoms with Crippen LogP contribution in [0, 0.1) is 18.8 Å². The molecule has 0 spiro atoms. The molecule has 1 saturated heterocycles. The molecule has 0 amide bonds. The van der Waals surface area contributed by atoms with Crippen molar-refractivity contribution in [1.82, 2.24) is 19.6 Å². The van der Waals surface area contributed by atoms with E-state index < -0.39 is 0 Å². The Bertz CT molecular complexity index is 489. The summed E-state index contributed by atoms with van der Waals surface area (Å²) in [7, 11) is 2.02. The van der Waals surface area contributed by atoms with Gasteiger partial charge in [-0.3, -0.25) is 14.5 Å². The highest BCUT2D eigenvalue weighted by molar-refractivity contribution is 5.15. The Kier molecular flexibility index (Phi) is 4.88. The van der Waals surface area contributed by atoms with Gasteiger partial charge in [0, 0.05) is 44.5 Å². The highest BCUT2D eigenvalue weighted by atomic mass is 15.3. The molecule has 0 N–H and O–H groups in total. The summed E-state index contributed by atoms with van der Waals surface area (Å²) in [5.74, 6) is 1.72. The number of hydrogen-bond donors (Lipinski definition) is 0. The minimum Gasteiger partial charge on any atom is -0.299 e. The van der Waals surface area contributed by atoms with Crippen LogP contribution in [0.25, 0.3) is 0 Å². The maximum atomic E-state index is 4.50. The van der Waals surface area contributed by atoms with Gasteiger partial charge in [-0.1, -0.05) is 13.8 Å². The molecule has 1 aliphatic heterocycles. The summed E-state index contributed by atoms with van der Waals surface area (Å²) in [6, 6.07) is 0.708. The zero-order valence-electron chi connectivity index (χ0n) is 14.8. The van der Waals surface area contributed by atoms with Gasteiger partial charge in [-0.25, -0.2) is 0 Å². The molecular weight excluding hydrogens is 272 g/mol. The summed E-state index contributed by atoms with van der Waals surface area (Å²) < 4.78 is 1.95. The average molecular weight is 304 g/mol. The van der Waals surface area contributed by atoms with Crippen molar-refractivity contribution in [3.63, 3.8) is 0 Å². The zero-order valence-corrected chi connectivity index (χ0v) is 14.8. The molecule has 4 nitrogen and oxygen atoms in total. The third-order valence-corrected chi connectivity index (χ3v) is 5.30. The van der Waals surface area contributed by atoms with E-state index in [0.29, 0.717) is 6.04 Å². The van der Waals surface area contributed by atoms with Crippen LogP contribution in [-0.4, -0.2) is 51.8 Å². The summed E-state index contributed by atoms with van der Waals surface area (Å²) in [5, 5.41) is 4.50. The number of rotatable bonds is 5. The van der Waals surface area contributed by atoms with E-state index >= 15 is 0 Å². The first kappa shape index (κ1) is 16.0.